The second-order valence-corrected chi connectivity index (χ2v) is 10.6. The lowest BCUT2D eigenvalue weighted by Crippen LogP contribution is -2.37. The average Bonchev–Trinajstić information content (AvgIpc) is 3.32. The van der Waals surface area contributed by atoms with Gasteiger partial charge >= 0.3 is 6.09 Å². The number of ether oxygens (including phenoxy) is 1. The molecule has 0 spiro atoms. The van der Waals surface area contributed by atoms with E-state index < -0.39 is 23.7 Å². The molecule has 41 heavy (non-hydrogen) atoms. The van der Waals surface area contributed by atoms with Crippen LogP contribution in [0.5, 0.6) is 0 Å². The molecule has 0 radical (unpaired) electrons. The second kappa shape index (κ2) is 13.7. The van der Waals surface area contributed by atoms with Gasteiger partial charge in [-0.2, -0.15) is 0 Å². The van der Waals surface area contributed by atoms with Crippen LogP contribution in [0.3, 0.4) is 0 Å². The number of carbonyl (C=O) groups is 3. The summed E-state index contributed by atoms with van der Waals surface area (Å²) in [5.41, 5.74) is 1.91. The van der Waals surface area contributed by atoms with E-state index >= 15 is 0 Å². The van der Waals surface area contributed by atoms with Crippen LogP contribution in [0.1, 0.15) is 37.9 Å². The SMILES string of the molecule is CC(C)Cc1c(F)cnc2cc(Cn3cccc(NC(=O)C(CCC=CC(=O)N(C)C)OC(=O)N(C)C)c3=O)[nH]c12. The van der Waals surface area contributed by atoms with Crippen LogP contribution in [-0.4, -0.2) is 76.5 Å². The number of halogens is 1. The van der Waals surface area contributed by atoms with Gasteiger partial charge in [0.15, 0.2) is 6.10 Å². The number of fused-ring (bicyclic) bond motifs is 1. The number of likely N-dealkylation sites (N-methyl/N-ethyl adjacent to an activating group) is 1. The molecule has 0 aliphatic rings. The van der Waals surface area contributed by atoms with Crippen LogP contribution in [0.25, 0.3) is 11.0 Å². The fraction of sp³-hybridized carbons (Fsp3) is 0.414. The molecule has 0 aliphatic heterocycles. The van der Waals surface area contributed by atoms with Crippen molar-refractivity contribution in [1.29, 1.82) is 0 Å². The predicted molar refractivity (Wildman–Crippen MR) is 154 cm³/mol. The third-order valence-electron chi connectivity index (χ3n) is 6.19. The molecule has 1 unspecified atom stereocenters. The van der Waals surface area contributed by atoms with E-state index in [4.69, 9.17) is 4.74 Å². The first-order valence-electron chi connectivity index (χ1n) is 13.3. The number of aromatic nitrogens is 3. The maximum absolute atomic E-state index is 14.5. The lowest BCUT2D eigenvalue weighted by molar-refractivity contribution is -0.125. The minimum absolute atomic E-state index is 0.00232. The molecule has 1 atom stereocenters. The van der Waals surface area contributed by atoms with Crippen molar-refractivity contribution in [2.45, 2.75) is 45.8 Å². The van der Waals surface area contributed by atoms with E-state index in [1.807, 2.05) is 13.8 Å². The first kappa shape index (κ1) is 31.1. The van der Waals surface area contributed by atoms with Gasteiger partial charge in [-0.3, -0.25) is 19.4 Å². The van der Waals surface area contributed by atoms with E-state index in [1.165, 1.54) is 46.8 Å². The van der Waals surface area contributed by atoms with Crippen LogP contribution in [0.2, 0.25) is 0 Å². The summed E-state index contributed by atoms with van der Waals surface area (Å²) in [6.45, 7) is 4.14. The fourth-order valence-corrected chi connectivity index (χ4v) is 4.05. The quantitative estimate of drug-likeness (QED) is 0.341. The van der Waals surface area contributed by atoms with Crippen molar-refractivity contribution in [2.75, 3.05) is 33.5 Å². The fourth-order valence-electron chi connectivity index (χ4n) is 4.05. The summed E-state index contributed by atoms with van der Waals surface area (Å²) >= 11 is 0. The van der Waals surface area contributed by atoms with Gasteiger partial charge in [-0.15, -0.1) is 0 Å². The Morgan fingerprint density at radius 3 is 2.59 bits per heavy atom. The highest BCUT2D eigenvalue weighted by Gasteiger charge is 2.24. The lowest BCUT2D eigenvalue weighted by atomic mass is 10.0. The van der Waals surface area contributed by atoms with Crippen molar-refractivity contribution in [3.05, 3.63) is 70.2 Å². The Balaban J connectivity index is 1.79. The highest BCUT2D eigenvalue weighted by molar-refractivity contribution is 5.95. The normalized spacial score (nSPS) is 12.1. The van der Waals surface area contributed by atoms with Crippen LogP contribution in [0, 0.1) is 11.7 Å². The maximum Gasteiger partial charge on any atom is 0.410 e. The smallest absolute Gasteiger partial charge is 0.410 e. The molecule has 0 bridgehead atoms. The van der Waals surface area contributed by atoms with Gasteiger partial charge in [0.25, 0.3) is 11.5 Å². The Labute approximate surface area is 238 Å². The molecule has 0 fully saturated rings. The van der Waals surface area contributed by atoms with Gasteiger partial charge in [-0.25, -0.2) is 9.18 Å². The number of carbonyl (C=O) groups excluding carboxylic acids is 3. The summed E-state index contributed by atoms with van der Waals surface area (Å²) in [6, 6.07) is 4.83. The zero-order valence-electron chi connectivity index (χ0n) is 24.2. The van der Waals surface area contributed by atoms with Crippen molar-refractivity contribution < 1.29 is 23.5 Å². The van der Waals surface area contributed by atoms with Crippen molar-refractivity contribution in [3.63, 3.8) is 0 Å². The number of hydrogen-bond acceptors (Lipinski definition) is 6. The molecular weight excluding hydrogens is 531 g/mol. The zero-order chi connectivity index (χ0) is 30.3. The predicted octanol–water partition coefficient (Wildman–Crippen LogP) is 3.54. The molecule has 0 saturated carbocycles. The Hall–Kier alpha value is -4.48. The first-order chi connectivity index (χ1) is 19.4. The van der Waals surface area contributed by atoms with Crippen molar-refractivity contribution in [2.24, 2.45) is 5.92 Å². The highest BCUT2D eigenvalue weighted by Crippen LogP contribution is 2.23. The van der Waals surface area contributed by atoms with Crippen molar-refractivity contribution in [1.82, 2.24) is 24.3 Å². The van der Waals surface area contributed by atoms with Gasteiger partial charge in [0.05, 0.1) is 23.8 Å². The summed E-state index contributed by atoms with van der Waals surface area (Å²) < 4.78 is 21.2. The number of rotatable bonds is 11. The van der Waals surface area contributed by atoms with Gasteiger partial charge in [-0.1, -0.05) is 19.9 Å². The first-order valence-corrected chi connectivity index (χ1v) is 13.3. The second-order valence-electron chi connectivity index (χ2n) is 10.6. The van der Waals surface area contributed by atoms with Crippen molar-refractivity contribution >= 4 is 34.6 Å². The molecule has 0 saturated heterocycles. The molecule has 220 valence electrons. The number of hydrogen-bond donors (Lipinski definition) is 2. The molecule has 12 heteroatoms. The van der Waals surface area contributed by atoms with Crippen molar-refractivity contribution in [3.8, 4) is 0 Å². The average molecular weight is 569 g/mol. The van der Waals surface area contributed by atoms with E-state index in [2.05, 4.69) is 15.3 Å². The maximum atomic E-state index is 14.5. The molecule has 3 heterocycles. The number of nitrogens with one attached hydrogen (secondary N) is 2. The Morgan fingerprint density at radius 2 is 1.93 bits per heavy atom. The zero-order valence-corrected chi connectivity index (χ0v) is 24.2. The van der Waals surface area contributed by atoms with Gasteiger partial charge in [0, 0.05) is 45.6 Å². The summed E-state index contributed by atoms with van der Waals surface area (Å²) in [7, 11) is 6.21. The molecule has 3 aromatic heterocycles. The molecule has 2 N–H and O–H groups in total. The molecule has 11 nitrogen and oxygen atoms in total. The Morgan fingerprint density at radius 1 is 1.20 bits per heavy atom. The topological polar surface area (TPSA) is 130 Å². The van der Waals surface area contributed by atoms with E-state index in [9.17, 15) is 23.6 Å². The molecule has 3 aromatic rings. The van der Waals surface area contributed by atoms with E-state index in [0.717, 1.165) is 0 Å². The molecule has 3 amide bonds. The number of anilines is 1. The molecule has 0 aromatic carbocycles. The van der Waals surface area contributed by atoms with Crippen LogP contribution in [0.15, 0.2) is 47.5 Å². The van der Waals surface area contributed by atoms with E-state index in [-0.39, 0.29) is 42.7 Å². The summed E-state index contributed by atoms with van der Waals surface area (Å²) in [6.07, 6.45) is 4.74. The molecule has 3 rings (SSSR count). The minimum Gasteiger partial charge on any atom is -0.436 e. The highest BCUT2D eigenvalue weighted by atomic mass is 19.1. The van der Waals surface area contributed by atoms with Crippen LogP contribution < -0.4 is 10.9 Å². The summed E-state index contributed by atoms with van der Waals surface area (Å²) in [5, 5.41) is 2.57. The van der Waals surface area contributed by atoms with E-state index in [1.54, 1.807) is 38.5 Å². The van der Waals surface area contributed by atoms with Gasteiger partial charge < -0.3 is 29.4 Å². The number of H-pyrrole nitrogens is 1. The van der Waals surface area contributed by atoms with E-state index in [0.29, 0.717) is 28.7 Å². The van der Waals surface area contributed by atoms with Gasteiger partial charge in [0.2, 0.25) is 5.91 Å². The number of nitrogens with zero attached hydrogens (tertiary/aromatic N) is 4. The summed E-state index contributed by atoms with van der Waals surface area (Å²) in [4.78, 5) is 60.2. The van der Waals surface area contributed by atoms with Crippen LogP contribution in [0.4, 0.5) is 14.9 Å². The standard InChI is InChI=1S/C29H37FN6O5/c1-18(2)14-20-21(30)16-31-23-15-19(32-26(20)23)17-36-13-9-10-22(28(36)39)33-27(38)24(41-29(40)35(5)6)11-7-8-12-25(37)34(3)4/h8-10,12-13,15-16,18,24,32H,7,11,14,17H2,1-6H3,(H,33,38). The number of amides is 3. The number of aromatic amines is 1. The molecule has 0 aliphatic carbocycles. The van der Waals surface area contributed by atoms with Gasteiger partial charge in [-0.05, 0) is 49.5 Å². The third-order valence-corrected chi connectivity index (χ3v) is 6.19. The van der Waals surface area contributed by atoms with Crippen LogP contribution in [-0.2, 0) is 27.3 Å². The lowest BCUT2D eigenvalue weighted by Gasteiger charge is -2.19. The Kier molecular flexibility index (Phi) is 10.4. The van der Waals surface area contributed by atoms with Gasteiger partial charge in [0.1, 0.15) is 11.5 Å². The summed E-state index contributed by atoms with van der Waals surface area (Å²) in [5.74, 6) is -1.04. The number of allylic oxidation sites excluding steroid dienone is 1. The largest absolute Gasteiger partial charge is 0.436 e. The molecular formula is C29H37FN6O5. The Bertz CT molecular complexity index is 1490. The number of pyridine rings is 2. The third kappa shape index (κ3) is 8.26. The van der Waals surface area contributed by atoms with Crippen LogP contribution >= 0.6 is 0 Å². The monoisotopic (exact) mass is 568 g/mol. The minimum atomic E-state index is -1.20.